The molecule has 2 aromatic rings. The second kappa shape index (κ2) is 5.49. The molecule has 0 aliphatic rings. The van der Waals surface area contributed by atoms with E-state index >= 15 is 0 Å². The summed E-state index contributed by atoms with van der Waals surface area (Å²) in [4.78, 5) is 4.11. The molecule has 2 rings (SSSR count). The molecule has 0 spiro atoms. The van der Waals surface area contributed by atoms with E-state index < -0.39 is 0 Å². The molecule has 0 unspecified atom stereocenters. The maximum absolute atomic E-state index is 4.91. The van der Waals surface area contributed by atoms with E-state index in [0.717, 1.165) is 5.56 Å². The fourth-order valence-electron chi connectivity index (χ4n) is 1.06. The Labute approximate surface area is 99.9 Å². The fourth-order valence-corrected chi connectivity index (χ4v) is 1.06. The molecular formula is C10H8LiN3O. The Kier molecular flexibility index (Phi) is 4.29. The molecule has 0 saturated carbocycles. The standard InChI is InChI=1S/C10H8N3O.Li/c1-14-9-7-11-13-10(12-9)8-5-3-2-4-6-8;/h2-6H,1H3;/q-1;+1. The van der Waals surface area contributed by atoms with Crippen LogP contribution in [0.1, 0.15) is 0 Å². The van der Waals surface area contributed by atoms with Crippen LogP contribution >= 0.6 is 0 Å². The minimum atomic E-state index is 0. The topological polar surface area (TPSA) is 47.9 Å². The molecular weight excluding hydrogens is 185 g/mol. The Hall–Kier alpha value is -1.37. The van der Waals surface area contributed by atoms with Gasteiger partial charge in [0.2, 0.25) is 0 Å². The van der Waals surface area contributed by atoms with Gasteiger partial charge in [-0.15, -0.1) is 0 Å². The third kappa shape index (κ3) is 2.79. The third-order valence-electron chi connectivity index (χ3n) is 1.72. The van der Waals surface area contributed by atoms with Crippen molar-refractivity contribution in [3.8, 4) is 17.3 Å². The summed E-state index contributed by atoms with van der Waals surface area (Å²) in [7, 11) is 1.52. The Balaban J connectivity index is 0.00000112. The van der Waals surface area contributed by atoms with Crippen molar-refractivity contribution in [1.82, 2.24) is 15.2 Å². The first kappa shape index (κ1) is 11.7. The van der Waals surface area contributed by atoms with Crippen molar-refractivity contribution < 1.29 is 23.6 Å². The van der Waals surface area contributed by atoms with E-state index in [2.05, 4.69) is 21.4 Å². The summed E-state index contributed by atoms with van der Waals surface area (Å²) in [5, 5.41) is 7.53. The maximum atomic E-state index is 4.91. The van der Waals surface area contributed by atoms with Gasteiger partial charge in [0.1, 0.15) is 0 Å². The van der Waals surface area contributed by atoms with Gasteiger partial charge in [0.15, 0.2) is 5.82 Å². The number of benzene rings is 1. The van der Waals surface area contributed by atoms with Gasteiger partial charge < -0.3 is 9.84 Å². The van der Waals surface area contributed by atoms with E-state index in [1.807, 2.05) is 30.3 Å². The van der Waals surface area contributed by atoms with E-state index in [4.69, 9.17) is 4.74 Å². The third-order valence-corrected chi connectivity index (χ3v) is 1.72. The van der Waals surface area contributed by atoms with Gasteiger partial charge in [-0.3, -0.25) is 6.20 Å². The molecule has 0 atom stereocenters. The van der Waals surface area contributed by atoms with Gasteiger partial charge in [0.05, 0.1) is 13.0 Å². The zero-order valence-corrected chi connectivity index (χ0v) is 8.64. The Bertz CT molecular complexity index is 422. The molecule has 0 fully saturated rings. The number of aromatic nitrogens is 3. The van der Waals surface area contributed by atoms with Gasteiger partial charge in [0, 0.05) is 5.56 Å². The van der Waals surface area contributed by atoms with Gasteiger partial charge in [-0.2, -0.15) is 5.10 Å². The molecule has 70 valence electrons. The van der Waals surface area contributed by atoms with E-state index in [1.165, 1.54) is 7.11 Å². The van der Waals surface area contributed by atoms with Crippen molar-refractivity contribution in [1.29, 1.82) is 0 Å². The number of nitrogens with zero attached hydrogens (tertiary/aromatic N) is 3. The van der Waals surface area contributed by atoms with E-state index in [-0.39, 0.29) is 18.9 Å². The van der Waals surface area contributed by atoms with Gasteiger partial charge in [-0.25, -0.2) is 4.98 Å². The van der Waals surface area contributed by atoms with Crippen LogP contribution in [0.15, 0.2) is 30.3 Å². The molecule has 0 N–H and O–H groups in total. The predicted molar refractivity (Wildman–Crippen MR) is 50.7 cm³/mol. The van der Waals surface area contributed by atoms with Crippen LogP contribution in [-0.2, 0) is 0 Å². The summed E-state index contributed by atoms with van der Waals surface area (Å²) >= 11 is 0. The summed E-state index contributed by atoms with van der Waals surface area (Å²) in [5.74, 6) is 0.889. The van der Waals surface area contributed by atoms with Crippen molar-refractivity contribution in [3.63, 3.8) is 0 Å². The Morgan fingerprint density at radius 2 is 1.93 bits per heavy atom. The molecule has 0 aliphatic carbocycles. The van der Waals surface area contributed by atoms with E-state index in [1.54, 1.807) is 0 Å². The summed E-state index contributed by atoms with van der Waals surface area (Å²) in [6.07, 6.45) is 2.53. The Morgan fingerprint density at radius 1 is 1.20 bits per heavy atom. The normalized spacial score (nSPS) is 9.13. The monoisotopic (exact) mass is 193 g/mol. The van der Waals surface area contributed by atoms with Crippen LogP contribution in [0, 0.1) is 6.20 Å². The van der Waals surface area contributed by atoms with Crippen LogP contribution in [0.4, 0.5) is 0 Å². The van der Waals surface area contributed by atoms with Gasteiger partial charge in [-0.05, 0) is 0 Å². The number of rotatable bonds is 2. The van der Waals surface area contributed by atoms with Crippen LogP contribution in [0.5, 0.6) is 5.88 Å². The summed E-state index contributed by atoms with van der Waals surface area (Å²) in [5.41, 5.74) is 0.910. The fraction of sp³-hybridized carbons (Fsp3) is 0.100. The Morgan fingerprint density at radius 3 is 2.60 bits per heavy atom. The molecule has 1 heterocycles. The van der Waals surface area contributed by atoms with Crippen LogP contribution in [0.2, 0.25) is 0 Å². The molecule has 15 heavy (non-hydrogen) atoms. The van der Waals surface area contributed by atoms with Crippen LogP contribution in [-0.4, -0.2) is 22.3 Å². The van der Waals surface area contributed by atoms with Crippen molar-refractivity contribution in [2.24, 2.45) is 0 Å². The predicted octanol–water partition coefficient (Wildman–Crippen LogP) is -1.65. The first-order valence-corrected chi connectivity index (χ1v) is 4.12. The molecule has 4 nitrogen and oxygen atoms in total. The van der Waals surface area contributed by atoms with E-state index in [0.29, 0.717) is 11.7 Å². The number of hydrogen-bond donors (Lipinski definition) is 0. The van der Waals surface area contributed by atoms with Crippen LogP contribution in [0.3, 0.4) is 0 Å². The molecule has 1 aromatic heterocycles. The maximum Gasteiger partial charge on any atom is 1.00 e. The zero-order chi connectivity index (χ0) is 9.80. The largest absolute Gasteiger partial charge is 1.00 e. The van der Waals surface area contributed by atoms with Gasteiger partial charge in [-0.1, -0.05) is 30.3 Å². The van der Waals surface area contributed by atoms with Gasteiger partial charge >= 0.3 is 18.9 Å². The minimum absolute atomic E-state index is 0. The molecule has 0 bridgehead atoms. The first-order valence-electron chi connectivity index (χ1n) is 4.12. The van der Waals surface area contributed by atoms with Crippen molar-refractivity contribution >= 4 is 0 Å². The quantitative estimate of drug-likeness (QED) is 0.423. The second-order valence-corrected chi connectivity index (χ2v) is 2.62. The summed E-state index contributed by atoms with van der Waals surface area (Å²) < 4.78 is 4.91. The number of ether oxygens (including phenoxy) is 1. The molecule has 0 aliphatic heterocycles. The smallest absolute Gasteiger partial charge is 0.513 e. The molecule has 5 heteroatoms. The molecule has 0 saturated heterocycles. The van der Waals surface area contributed by atoms with Gasteiger partial charge in [0.25, 0.3) is 0 Å². The SMILES string of the molecule is COc1[c-]nnc(-c2ccccc2)n1.[Li+]. The van der Waals surface area contributed by atoms with Crippen molar-refractivity contribution in [3.05, 3.63) is 36.5 Å². The molecule has 1 aromatic carbocycles. The second-order valence-electron chi connectivity index (χ2n) is 2.62. The molecule has 0 amide bonds. The first-order chi connectivity index (χ1) is 6.90. The van der Waals surface area contributed by atoms with E-state index in [9.17, 15) is 0 Å². The van der Waals surface area contributed by atoms with Crippen molar-refractivity contribution in [2.45, 2.75) is 0 Å². The average Bonchev–Trinajstić information content (AvgIpc) is 2.30. The minimum Gasteiger partial charge on any atom is -0.513 e. The molecule has 0 radical (unpaired) electrons. The van der Waals surface area contributed by atoms with Crippen LogP contribution in [0.25, 0.3) is 11.4 Å². The van der Waals surface area contributed by atoms with Crippen molar-refractivity contribution in [2.75, 3.05) is 7.11 Å². The zero-order valence-electron chi connectivity index (χ0n) is 8.64. The van der Waals surface area contributed by atoms with Crippen LogP contribution < -0.4 is 23.6 Å². The summed E-state index contributed by atoms with van der Waals surface area (Å²) in [6, 6.07) is 9.60. The average molecular weight is 193 g/mol. The number of hydrogen-bond acceptors (Lipinski definition) is 4. The summed E-state index contributed by atoms with van der Waals surface area (Å²) in [6.45, 7) is 0. The number of methoxy groups -OCH3 is 1.